The molecule has 0 heterocycles. The third kappa shape index (κ3) is 3.38. The first kappa shape index (κ1) is 11.7. The Morgan fingerprint density at radius 3 is 2.08 bits per heavy atom. The second-order valence-electron chi connectivity index (χ2n) is 4.32. The van der Waals surface area contributed by atoms with Gasteiger partial charge in [-0.15, -0.1) is 0 Å². The van der Waals surface area contributed by atoms with E-state index in [0.29, 0.717) is 5.78 Å². The van der Waals surface area contributed by atoms with Gasteiger partial charge >= 0.3 is 0 Å². The van der Waals surface area contributed by atoms with Crippen LogP contribution in [0.2, 0.25) is 0 Å². The predicted octanol–water partition coefficient (Wildman–Crippen LogP) is 3.39. The van der Waals surface area contributed by atoms with Crippen LogP contribution in [-0.4, -0.2) is 5.78 Å². The average molecular weight is 169 g/mol. The van der Waals surface area contributed by atoms with Crippen LogP contribution in [0.5, 0.6) is 0 Å². The number of carbonyl (C=O) groups excluding carboxylic acids is 1. The lowest BCUT2D eigenvalue weighted by Crippen LogP contribution is -2.27. The van der Waals surface area contributed by atoms with E-state index < -0.39 is 0 Å². The Morgan fingerprint density at radius 2 is 1.75 bits per heavy atom. The summed E-state index contributed by atoms with van der Waals surface area (Å²) in [5, 5.41) is 0. The standard InChI is InChI=1S/C11H21O/c1-6-7-8-11(4,5)10(12)9(2)3/h6-8H2,1-5H3. The van der Waals surface area contributed by atoms with Crippen molar-refractivity contribution >= 4 is 5.78 Å². The Balaban J connectivity index is 4.09. The van der Waals surface area contributed by atoms with Crippen LogP contribution < -0.4 is 0 Å². The molecule has 1 radical (unpaired) electrons. The molecule has 0 atom stereocenters. The van der Waals surface area contributed by atoms with Gasteiger partial charge in [0.1, 0.15) is 5.78 Å². The van der Waals surface area contributed by atoms with E-state index in [1.165, 1.54) is 6.42 Å². The zero-order valence-corrected chi connectivity index (χ0v) is 9.03. The average Bonchev–Trinajstić information content (AvgIpc) is 1.99. The molecule has 0 N–H and O–H groups in total. The largest absolute Gasteiger partial charge is 0.298 e. The Morgan fingerprint density at radius 1 is 1.25 bits per heavy atom. The van der Waals surface area contributed by atoms with Gasteiger partial charge in [-0.2, -0.15) is 0 Å². The number of hydrogen-bond acceptors (Lipinski definition) is 1. The lowest BCUT2D eigenvalue weighted by Gasteiger charge is -2.24. The summed E-state index contributed by atoms with van der Waals surface area (Å²) in [5.74, 6) is 1.24. The van der Waals surface area contributed by atoms with Crippen LogP contribution in [0.3, 0.4) is 0 Å². The van der Waals surface area contributed by atoms with Crippen LogP contribution >= 0.6 is 0 Å². The number of unbranched alkanes of at least 4 members (excludes halogenated alkanes) is 1. The van der Waals surface area contributed by atoms with Crippen molar-refractivity contribution in [2.24, 2.45) is 5.41 Å². The van der Waals surface area contributed by atoms with Gasteiger partial charge in [-0.3, -0.25) is 4.79 Å². The molecule has 1 heteroatoms. The van der Waals surface area contributed by atoms with Gasteiger partial charge in [0, 0.05) is 11.3 Å². The number of rotatable bonds is 5. The van der Waals surface area contributed by atoms with Crippen molar-refractivity contribution in [2.45, 2.75) is 53.9 Å². The van der Waals surface area contributed by atoms with Gasteiger partial charge < -0.3 is 0 Å². The maximum Gasteiger partial charge on any atom is 0.145 e. The summed E-state index contributed by atoms with van der Waals surface area (Å²) in [5.41, 5.74) is -0.144. The first-order chi connectivity index (χ1) is 5.41. The molecule has 0 bridgehead atoms. The topological polar surface area (TPSA) is 17.1 Å². The van der Waals surface area contributed by atoms with Crippen LogP contribution in [0.1, 0.15) is 53.9 Å². The Bertz CT molecular complexity index is 145. The molecular weight excluding hydrogens is 148 g/mol. The molecule has 0 aromatic carbocycles. The smallest absolute Gasteiger partial charge is 0.145 e. The van der Waals surface area contributed by atoms with E-state index in [4.69, 9.17) is 0 Å². The number of carbonyl (C=O) groups is 1. The number of hydrogen-bond donors (Lipinski definition) is 0. The van der Waals surface area contributed by atoms with E-state index >= 15 is 0 Å². The third-order valence-corrected chi connectivity index (χ3v) is 2.22. The number of Topliss-reactive ketones (excluding diaryl/α,β-unsaturated/α-hetero) is 1. The van der Waals surface area contributed by atoms with Crippen molar-refractivity contribution in [3.63, 3.8) is 0 Å². The molecule has 0 unspecified atom stereocenters. The second kappa shape index (κ2) is 4.64. The third-order valence-electron chi connectivity index (χ3n) is 2.22. The van der Waals surface area contributed by atoms with Crippen molar-refractivity contribution < 1.29 is 4.79 Å². The van der Waals surface area contributed by atoms with Gasteiger partial charge in [0.2, 0.25) is 0 Å². The minimum atomic E-state index is -0.144. The molecule has 12 heavy (non-hydrogen) atoms. The fourth-order valence-corrected chi connectivity index (χ4v) is 1.41. The minimum absolute atomic E-state index is 0.144. The summed E-state index contributed by atoms with van der Waals surface area (Å²) >= 11 is 0. The number of ketones is 1. The summed E-state index contributed by atoms with van der Waals surface area (Å²) in [7, 11) is 0. The summed E-state index contributed by atoms with van der Waals surface area (Å²) in [6, 6.07) is 0. The highest BCUT2D eigenvalue weighted by Gasteiger charge is 2.28. The van der Waals surface area contributed by atoms with E-state index in [0.717, 1.165) is 18.8 Å². The lowest BCUT2D eigenvalue weighted by atomic mass is 9.78. The minimum Gasteiger partial charge on any atom is -0.298 e. The van der Waals surface area contributed by atoms with Gasteiger partial charge in [0.05, 0.1) is 0 Å². The quantitative estimate of drug-likeness (QED) is 0.616. The normalized spacial score (nSPS) is 12.2. The monoisotopic (exact) mass is 169 g/mol. The Labute approximate surface area is 76.6 Å². The highest BCUT2D eigenvalue weighted by atomic mass is 16.1. The molecule has 0 saturated heterocycles. The molecule has 0 fully saturated rings. The molecule has 0 aliphatic heterocycles. The van der Waals surface area contributed by atoms with Crippen molar-refractivity contribution in [3.8, 4) is 0 Å². The maximum absolute atomic E-state index is 11.6. The van der Waals surface area contributed by atoms with E-state index in [1.807, 2.05) is 27.7 Å². The molecule has 71 valence electrons. The van der Waals surface area contributed by atoms with E-state index in [1.54, 1.807) is 0 Å². The van der Waals surface area contributed by atoms with E-state index in [-0.39, 0.29) is 5.41 Å². The molecule has 0 rings (SSSR count). The molecule has 0 aromatic rings. The SMILES string of the molecule is CCCCC(C)(C)C(=O)[C](C)C. The van der Waals surface area contributed by atoms with Gasteiger partial charge in [0.25, 0.3) is 0 Å². The zero-order chi connectivity index (χ0) is 9.78. The van der Waals surface area contributed by atoms with Crippen molar-refractivity contribution in [1.82, 2.24) is 0 Å². The van der Waals surface area contributed by atoms with E-state index in [2.05, 4.69) is 6.92 Å². The molecule has 0 saturated carbocycles. The first-order valence-electron chi connectivity index (χ1n) is 4.76. The van der Waals surface area contributed by atoms with Crippen molar-refractivity contribution in [1.29, 1.82) is 0 Å². The van der Waals surface area contributed by atoms with Gasteiger partial charge in [0.15, 0.2) is 0 Å². The first-order valence-corrected chi connectivity index (χ1v) is 4.76. The molecule has 0 amide bonds. The molecule has 1 nitrogen and oxygen atoms in total. The van der Waals surface area contributed by atoms with Crippen molar-refractivity contribution in [3.05, 3.63) is 5.92 Å². The van der Waals surface area contributed by atoms with Gasteiger partial charge in [-0.25, -0.2) is 0 Å². The molecular formula is C11H21O. The van der Waals surface area contributed by atoms with Crippen LogP contribution in [0.25, 0.3) is 0 Å². The predicted molar refractivity (Wildman–Crippen MR) is 52.9 cm³/mol. The molecule has 0 aliphatic rings. The van der Waals surface area contributed by atoms with Crippen molar-refractivity contribution in [2.75, 3.05) is 0 Å². The molecule has 0 spiro atoms. The zero-order valence-electron chi connectivity index (χ0n) is 9.03. The van der Waals surface area contributed by atoms with Crippen LogP contribution in [0, 0.1) is 11.3 Å². The van der Waals surface area contributed by atoms with E-state index in [9.17, 15) is 4.79 Å². The Kier molecular flexibility index (Phi) is 4.51. The Hall–Kier alpha value is -0.330. The van der Waals surface area contributed by atoms with Crippen LogP contribution in [0.15, 0.2) is 0 Å². The fraction of sp³-hybridized carbons (Fsp3) is 0.818. The summed E-state index contributed by atoms with van der Waals surface area (Å²) in [4.78, 5) is 11.6. The fourth-order valence-electron chi connectivity index (χ4n) is 1.41. The van der Waals surface area contributed by atoms with Gasteiger partial charge in [-0.05, 0) is 6.42 Å². The molecule has 0 aromatic heterocycles. The summed E-state index contributed by atoms with van der Waals surface area (Å²) in [6.07, 6.45) is 3.32. The highest BCUT2D eigenvalue weighted by molar-refractivity contribution is 5.95. The summed E-state index contributed by atoms with van der Waals surface area (Å²) in [6.45, 7) is 10.0. The highest BCUT2D eigenvalue weighted by Crippen LogP contribution is 2.28. The second-order valence-corrected chi connectivity index (χ2v) is 4.32. The van der Waals surface area contributed by atoms with Crippen LogP contribution in [0.4, 0.5) is 0 Å². The summed E-state index contributed by atoms with van der Waals surface area (Å²) < 4.78 is 0. The lowest BCUT2D eigenvalue weighted by molar-refractivity contribution is -0.125. The van der Waals surface area contributed by atoms with Gasteiger partial charge in [-0.1, -0.05) is 47.5 Å². The molecule has 0 aliphatic carbocycles. The maximum atomic E-state index is 11.6. The van der Waals surface area contributed by atoms with Crippen LogP contribution in [-0.2, 0) is 4.79 Å².